The SMILES string of the molecule is Cc1ccc(NC(=O)C2CCC(C(=O)Nc3ccc(C)cc3)CC2)cc1. The molecule has 4 nitrogen and oxygen atoms in total. The van der Waals surface area contributed by atoms with Crippen molar-refractivity contribution in [2.24, 2.45) is 11.8 Å². The Balaban J connectivity index is 1.48. The number of hydrogen-bond acceptors (Lipinski definition) is 2. The molecule has 2 aromatic rings. The van der Waals surface area contributed by atoms with Gasteiger partial charge in [0.25, 0.3) is 0 Å². The fourth-order valence-electron chi connectivity index (χ4n) is 3.38. The first-order valence-electron chi connectivity index (χ1n) is 9.26. The molecule has 1 aliphatic carbocycles. The summed E-state index contributed by atoms with van der Waals surface area (Å²) < 4.78 is 0. The van der Waals surface area contributed by atoms with Gasteiger partial charge < -0.3 is 10.6 Å². The van der Waals surface area contributed by atoms with Crippen molar-refractivity contribution in [3.63, 3.8) is 0 Å². The zero-order valence-corrected chi connectivity index (χ0v) is 15.4. The lowest BCUT2D eigenvalue weighted by Crippen LogP contribution is -2.32. The highest BCUT2D eigenvalue weighted by Crippen LogP contribution is 2.30. The molecule has 3 rings (SSSR count). The molecule has 0 saturated heterocycles. The van der Waals surface area contributed by atoms with E-state index < -0.39 is 0 Å². The summed E-state index contributed by atoms with van der Waals surface area (Å²) in [5.41, 5.74) is 4.01. The van der Waals surface area contributed by atoms with Crippen LogP contribution in [0.4, 0.5) is 11.4 Å². The standard InChI is InChI=1S/C22H26N2O2/c1-15-3-11-19(12-4-15)23-21(25)17-7-9-18(10-8-17)22(26)24-20-13-5-16(2)6-14-20/h3-6,11-14,17-18H,7-10H2,1-2H3,(H,23,25)(H,24,26). The van der Waals surface area contributed by atoms with Gasteiger partial charge in [-0.15, -0.1) is 0 Å². The van der Waals surface area contributed by atoms with Gasteiger partial charge in [0.1, 0.15) is 0 Å². The number of nitrogens with one attached hydrogen (secondary N) is 2. The summed E-state index contributed by atoms with van der Waals surface area (Å²) in [4.78, 5) is 24.9. The monoisotopic (exact) mass is 350 g/mol. The minimum absolute atomic E-state index is 0.0141. The van der Waals surface area contributed by atoms with Crippen LogP contribution in [0.1, 0.15) is 36.8 Å². The van der Waals surface area contributed by atoms with Crippen LogP contribution in [0.15, 0.2) is 48.5 Å². The second kappa shape index (κ2) is 8.17. The predicted octanol–water partition coefficient (Wildman–Crippen LogP) is 4.69. The Hall–Kier alpha value is -2.62. The maximum atomic E-state index is 12.4. The molecule has 2 N–H and O–H groups in total. The first-order chi connectivity index (χ1) is 12.5. The number of rotatable bonds is 4. The molecule has 0 radical (unpaired) electrons. The summed E-state index contributed by atoms with van der Waals surface area (Å²) in [5.74, 6) is 0.0944. The number of anilines is 2. The molecule has 0 aliphatic heterocycles. The van der Waals surface area contributed by atoms with Crippen LogP contribution in [0, 0.1) is 25.7 Å². The molecule has 1 aliphatic rings. The molecular weight excluding hydrogens is 324 g/mol. The Morgan fingerprint density at radius 3 is 1.27 bits per heavy atom. The minimum Gasteiger partial charge on any atom is -0.326 e. The van der Waals surface area contributed by atoms with Gasteiger partial charge in [-0.1, -0.05) is 35.4 Å². The lowest BCUT2D eigenvalue weighted by molar-refractivity contribution is -0.125. The van der Waals surface area contributed by atoms with Crippen LogP contribution in [0.25, 0.3) is 0 Å². The van der Waals surface area contributed by atoms with E-state index in [1.807, 2.05) is 62.4 Å². The van der Waals surface area contributed by atoms with Gasteiger partial charge in [0.15, 0.2) is 0 Å². The topological polar surface area (TPSA) is 58.2 Å². The molecule has 0 spiro atoms. The summed E-state index contributed by atoms with van der Waals surface area (Å²) in [6, 6.07) is 15.7. The summed E-state index contributed by atoms with van der Waals surface area (Å²) in [6.07, 6.45) is 3.01. The second-order valence-electron chi connectivity index (χ2n) is 7.26. The molecule has 136 valence electrons. The average molecular weight is 350 g/mol. The van der Waals surface area contributed by atoms with E-state index in [9.17, 15) is 9.59 Å². The summed E-state index contributed by atoms with van der Waals surface area (Å²) in [5, 5.41) is 5.98. The highest BCUT2D eigenvalue weighted by Gasteiger charge is 2.30. The summed E-state index contributed by atoms with van der Waals surface area (Å²) in [6.45, 7) is 4.04. The van der Waals surface area contributed by atoms with Crippen LogP contribution < -0.4 is 10.6 Å². The molecule has 0 bridgehead atoms. The predicted molar refractivity (Wildman–Crippen MR) is 105 cm³/mol. The van der Waals surface area contributed by atoms with E-state index >= 15 is 0 Å². The van der Waals surface area contributed by atoms with E-state index in [4.69, 9.17) is 0 Å². The fourth-order valence-corrected chi connectivity index (χ4v) is 3.38. The molecule has 0 aromatic heterocycles. The van der Waals surface area contributed by atoms with Crippen molar-refractivity contribution in [2.45, 2.75) is 39.5 Å². The van der Waals surface area contributed by atoms with Crippen molar-refractivity contribution in [1.82, 2.24) is 0 Å². The lowest BCUT2D eigenvalue weighted by Gasteiger charge is -2.27. The minimum atomic E-state index is -0.0141. The maximum Gasteiger partial charge on any atom is 0.227 e. The highest BCUT2D eigenvalue weighted by atomic mass is 16.2. The zero-order valence-electron chi connectivity index (χ0n) is 15.4. The Bertz CT molecular complexity index is 690. The van der Waals surface area contributed by atoms with Crippen molar-refractivity contribution in [2.75, 3.05) is 10.6 Å². The first kappa shape index (κ1) is 18.2. The van der Waals surface area contributed by atoms with Crippen LogP contribution in [-0.2, 0) is 9.59 Å². The van der Waals surface area contributed by atoms with Gasteiger partial charge in [0.2, 0.25) is 11.8 Å². The van der Waals surface area contributed by atoms with Gasteiger partial charge in [-0.2, -0.15) is 0 Å². The molecule has 2 amide bonds. The van der Waals surface area contributed by atoms with Crippen molar-refractivity contribution >= 4 is 23.2 Å². The van der Waals surface area contributed by atoms with E-state index in [1.165, 1.54) is 11.1 Å². The molecule has 0 heterocycles. The molecule has 1 saturated carbocycles. The molecule has 1 fully saturated rings. The second-order valence-corrected chi connectivity index (χ2v) is 7.26. The lowest BCUT2D eigenvalue weighted by atomic mass is 9.81. The molecular formula is C22H26N2O2. The first-order valence-corrected chi connectivity index (χ1v) is 9.26. The van der Waals surface area contributed by atoms with Gasteiger partial charge >= 0.3 is 0 Å². The fraction of sp³-hybridized carbons (Fsp3) is 0.364. The number of amides is 2. The van der Waals surface area contributed by atoms with Gasteiger partial charge in [0, 0.05) is 23.2 Å². The van der Waals surface area contributed by atoms with E-state index in [2.05, 4.69) is 10.6 Å². The van der Waals surface area contributed by atoms with Gasteiger partial charge in [-0.05, 0) is 63.8 Å². The van der Waals surface area contributed by atoms with Crippen molar-refractivity contribution < 1.29 is 9.59 Å². The van der Waals surface area contributed by atoms with E-state index in [0.717, 1.165) is 37.1 Å². The number of carbonyl (C=O) groups excluding carboxylic acids is 2. The Morgan fingerprint density at radius 1 is 0.654 bits per heavy atom. The molecule has 0 unspecified atom stereocenters. The van der Waals surface area contributed by atoms with Gasteiger partial charge in [-0.25, -0.2) is 0 Å². The third-order valence-electron chi connectivity index (χ3n) is 5.11. The van der Waals surface area contributed by atoms with Crippen LogP contribution in [0.5, 0.6) is 0 Å². The largest absolute Gasteiger partial charge is 0.326 e. The summed E-state index contributed by atoms with van der Waals surface area (Å²) in [7, 11) is 0. The van der Waals surface area contributed by atoms with E-state index in [-0.39, 0.29) is 23.7 Å². The maximum absolute atomic E-state index is 12.4. The summed E-state index contributed by atoms with van der Waals surface area (Å²) >= 11 is 0. The van der Waals surface area contributed by atoms with Crippen molar-refractivity contribution in [3.05, 3.63) is 59.7 Å². The molecule has 26 heavy (non-hydrogen) atoms. The van der Waals surface area contributed by atoms with Gasteiger partial charge in [0.05, 0.1) is 0 Å². The van der Waals surface area contributed by atoms with Crippen molar-refractivity contribution in [1.29, 1.82) is 0 Å². The number of carbonyl (C=O) groups is 2. The zero-order chi connectivity index (χ0) is 18.5. The molecule has 4 heteroatoms. The quantitative estimate of drug-likeness (QED) is 0.840. The number of benzene rings is 2. The normalized spacial score (nSPS) is 19.6. The molecule has 2 aromatic carbocycles. The third-order valence-corrected chi connectivity index (χ3v) is 5.11. The number of aryl methyl sites for hydroxylation is 2. The number of hydrogen-bond donors (Lipinski definition) is 2. The molecule has 0 atom stereocenters. The van der Waals surface area contributed by atoms with Crippen molar-refractivity contribution in [3.8, 4) is 0 Å². The van der Waals surface area contributed by atoms with E-state index in [0.29, 0.717) is 0 Å². The Kier molecular flexibility index (Phi) is 5.71. The van der Waals surface area contributed by atoms with Crippen LogP contribution >= 0.6 is 0 Å². The van der Waals surface area contributed by atoms with Gasteiger partial charge in [-0.3, -0.25) is 9.59 Å². The average Bonchev–Trinajstić information content (AvgIpc) is 2.65. The van der Waals surface area contributed by atoms with E-state index in [1.54, 1.807) is 0 Å². The van der Waals surface area contributed by atoms with Crippen LogP contribution in [0.2, 0.25) is 0 Å². The van der Waals surface area contributed by atoms with Crippen LogP contribution in [-0.4, -0.2) is 11.8 Å². The smallest absolute Gasteiger partial charge is 0.227 e. The van der Waals surface area contributed by atoms with Crippen LogP contribution in [0.3, 0.4) is 0 Å². The Morgan fingerprint density at radius 2 is 0.962 bits per heavy atom. The highest BCUT2D eigenvalue weighted by molar-refractivity contribution is 5.94. The Labute approximate surface area is 155 Å². The third kappa shape index (κ3) is 4.72.